The van der Waals surface area contributed by atoms with Crippen LogP contribution in [0.1, 0.15) is 31.2 Å². The van der Waals surface area contributed by atoms with Crippen molar-refractivity contribution < 1.29 is 9.53 Å². The van der Waals surface area contributed by atoms with Crippen LogP contribution in [-0.2, 0) is 6.54 Å². The Labute approximate surface area is 132 Å². The maximum absolute atomic E-state index is 12.0. The van der Waals surface area contributed by atoms with Crippen molar-refractivity contribution in [3.05, 3.63) is 23.9 Å². The van der Waals surface area contributed by atoms with Gasteiger partial charge in [-0.2, -0.15) is 0 Å². The van der Waals surface area contributed by atoms with E-state index < -0.39 is 0 Å². The molecule has 0 atom stereocenters. The van der Waals surface area contributed by atoms with E-state index in [4.69, 9.17) is 4.74 Å². The molecule has 0 unspecified atom stereocenters. The number of urea groups is 1. The normalized spacial score (nSPS) is 16.5. The Hall–Kier alpha value is -1.82. The number of nitrogens with one attached hydrogen (secondary N) is 2. The highest BCUT2D eigenvalue weighted by molar-refractivity contribution is 5.73. The van der Waals surface area contributed by atoms with Gasteiger partial charge in [0.2, 0.25) is 5.88 Å². The third kappa shape index (κ3) is 4.10. The highest BCUT2D eigenvalue weighted by Crippen LogP contribution is 2.32. The molecule has 1 heterocycles. The van der Waals surface area contributed by atoms with Crippen LogP contribution in [0, 0.1) is 0 Å². The number of aromatic nitrogens is 1. The Morgan fingerprint density at radius 3 is 2.59 bits per heavy atom. The minimum Gasteiger partial charge on any atom is -0.481 e. The first-order chi connectivity index (χ1) is 10.6. The SMILES string of the molecule is COc1ccc(CNC(=O)NCC2(N(C)C)CCCC2)cn1. The van der Waals surface area contributed by atoms with Crippen molar-refractivity contribution in [2.45, 2.75) is 37.8 Å². The second-order valence-electron chi connectivity index (χ2n) is 6.07. The summed E-state index contributed by atoms with van der Waals surface area (Å²) < 4.78 is 5.01. The summed E-state index contributed by atoms with van der Waals surface area (Å²) in [5.41, 5.74) is 1.05. The van der Waals surface area contributed by atoms with Crippen LogP contribution < -0.4 is 15.4 Å². The Morgan fingerprint density at radius 2 is 2.05 bits per heavy atom. The quantitative estimate of drug-likeness (QED) is 0.840. The molecule has 2 rings (SSSR count). The van der Waals surface area contributed by atoms with E-state index in [-0.39, 0.29) is 11.6 Å². The van der Waals surface area contributed by atoms with Gasteiger partial charge in [-0.3, -0.25) is 0 Å². The van der Waals surface area contributed by atoms with E-state index >= 15 is 0 Å². The second kappa shape index (κ2) is 7.45. The Balaban J connectivity index is 1.77. The molecule has 1 aromatic rings. The highest BCUT2D eigenvalue weighted by atomic mass is 16.5. The lowest BCUT2D eigenvalue weighted by molar-refractivity contribution is 0.154. The third-order valence-electron chi connectivity index (χ3n) is 4.52. The number of carbonyl (C=O) groups excluding carboxylic acids is 1. The number of hydrogen-bond acceptors (Lipinski definition) is 4. The van der Waals surface area contributed by atoms with Gasteiger partial charge in [0.05, 0.1) is 7.11 Å². The number of hydrogen-bond donors (Lipinski definition) is 2. The van der Waals surface area contributed by atoms with Crippen LogP contribution in [0.2, 0.25) is 0 Å². The van der Waals surface area contributed by atoms with Crippen LogP contribution in [0.15, 0.2) is 18.3 Å². The van der Waals surface area contributed by atoms with E-state index in [9.17, 15) is 4.79 Å². The zero-order chi connectivity index (χ0) is 16.0. The molecule has 1 fully saturated rings. The van der Waals surface area contributed by atoms with E-state index in [1.165, 1.54) is 12.8 Å². The number of pyridine rings is 1. The van der Waals surface area contributed by atoms with Gasteiger partial charge in [0.25, 0.3) is 0 Å². The monoisotopic (exact) mass is 306 g/mol. The number of likely N-dealkylation sites (N-methyl/N-ethyl adjacent to an activating group) is 1. The minimum absolute atomic E-state index is 0.110. The molecule has 1 aromatic heterocycles. The molecule has 22 heavy (non-hydrogen) atoms. The van der Waals surface area contributed by atoms with Gasteiger partial charge in [-0.25, -0.2) is 9.78 Å². The largest absolute Gasteiger partial charge is 0.481 e. The zero-order valence-corrected chi connectivity index (χ0v) is 13.7. The van der Waals surface area contributed by atoms with Crippen LogP contribution in [0.25, 0.3) is 0 Å². The molecule has 0 aromatic carbocycles. The molecule has 122 valence electrons. The molecule has 0 aliphatic heterocycles. The first-order valence-corrected chi connectivity index (χ1v) is 7.74. The predicted octanol–water partition coefficient (Wildman–Crippen LogP) is 1.76. The summed E-state index contributed by atoms with van der Waals surface area (Å²) >= 11 is 0. The Kier molecular flexibility index (Phi) is 5.60. The first kappa shape index (κ1) is 16.5. The van der Waals surface area contributed by atoms with Gasteiger partial charge >= 0.3 is 6.03 Å². The molecule has 0 spiro atoms. The molecule has 6 nitrogen and oxygen atoms in total. The van der Waals surface area contributed by atoms with Crippen molar-refractivity contribution in [3.63, 3.8) is 0 Å². The predicted molar refractivity (Wildman–Crippen MR) is 85.9 cm³/mol. The summed E-state index contributed by atoms with van der Waals surface area (Å²) in [4.78, 5) is 18.3. The van der Waals surface area contributed by atoms with Gasteiger partial charge in [-0.05, 0) is 32.5 Å². The maximum atomic E-state index is 12.0. The number of rotatable bonds is 6. The Morgan fingerprint density at radius 1 is 1.32 bits per heavy atom. The van der Waals surface area contributed by atoms with Crippen LogP contribution in [0.5, 0.6) is 5.88 Å². The van der Waals surface area contributed by atoms with E-state index in [1.807, 2.05) is 6.07 Å². The average Bonchev–Trinajstić information content (AvgIpc) is 3.02. The van der Waals surface area contributed by atoms with Crippen molar-refractivity contribution in [1.29, 1.82) is 0 Å². The Bertz CT molecular complexity index is 481. The smallest absolute Gasteiger partial charge is 0.315 e. The number of carbonyl (C=O) groups is 1. The lowest BCUT2D eigenvalue weighted by Crippen LogP contribution is -2.52. The maximum Gasteiger partial charge on any atom is 0.315 e. The summed E-state index contributed by atoms with van der Waals surface area (Å²) in [5.74, 6) is 0.572. The topological polar surface area (TPSA) is 66.5 Å². The molecule has 1 saturated carbocycles. The average molecular weight is 306 g/mol. The molecule has 1 aliphatic rings. The summed E-state index contributed by atoms with van der Waals surface area (Å²) in [6, 6.07) is 3.54. The van der Waals surface area contributed by atoms with Gasteiger partial charge in [-0.1, -0.05) is 18.9 Å². The molecular formula is C16H26N4O2. The molecule has 0 saturated heterocycles. The molecule has 1 aliphatic carbocycles. The van der Waals surface area contributed by atoms with Crippen molar-refractivity contribution in [2.24, 2.45) is 0 Å². The summed E-state index contributed by atoms with van der Waals surface area (Å²) in [6.45, 7) is 1.14. The molecule has 0 bridgehead atoms. The number of methoxy groups -OCH3 is 1. The first-order valence-electron chi connectivity index (χ1n) is 7.74. The fourth-order valence-corrected chi connectivity index (χ4v) is 2.94. The molecule has 0 radical (unpaired) electrons. The van der Waals surface area contributed by atoms with Gasteiger partial charge in [0.15, 0.2) is 0 Å². The zero-order valence-electron chi connectivity index (χ0n) is 13.7. The van der Waals surface area contributed by atoms with E-state index in [2.05, 4.69) is 34.6 Å². The summed E-state index contributed by atoms with van der Waals surface area (Å²) in [5, 5.41) is 5.87. The summed E-state index contributed by atoms with van der Waals surface area (Å²) in [7, 11) is 5.76. The minimum atomic E-state index is -0.135. The molecule has 2 N–H and O–H groups in total. The van der Waals surface area contributed by atoms with Crippen molar-refractivity contribution in [2.75, 3.05) is 27.7 Å². The number of nitrogens with zero attached hydrogens (tertiary/aromatic N) is 2. The second-order valence-corrected chi connectivity index (χ2v) is 6.07. The summed E-state index contributed by atoms with van der Waals surface area (Å²) in [6.07, 6.45) is 6.46. The molecule has 2 amide bonds. The van der Waals surface area contributed by atoms with Crippen LogP contribution >= 0.6 is 0 Å². The van der Waals surface area contributed by atoms with Gasteiger partial charge < -0.3 is 20.3 Å². The van der Waals surface area contributed by atoms with Gasteiger partial charge in [0.1, 0.15) is 0 Å². The molecular weight excluding hydrogens is 280 g/mol. The fraction of sp³-hybridized carbons (Fsp3) is 0.625. The standard InChI is InChI=1S/C16H26N4O2/c1-20(2)16(8-4-5-9-16)12-19-15(21)18-11-13-6-7-14(22-3)17-10-13/h6-7,10H,4-5,8-9,11-12H2,1-3H3,(H2,18,19,21). The van der Waals surface area contributed by atoms with Gasteiger partial charge in [0, 0.05) is 30.9 Å². The van der Waals surface area contributed by atoms with Crippen molar-refractivity contribution in [3.8, 4) is 5.88 Å². The van der Waals surface area contributed by atoms with Crippen LogP contribution in [0.3, 0.4) is 0 Å². The van der Waals surface area contributed by atoms with E-state index in [0.717, 1.165) is 18.4 Å². The number of amides is 2. The number of ether oxygens (including phenoxy) is 1. The fourth-order valence-electron chi connectivity index (χ4n) is 2.94. The van der Waals surface area contributed by atoms with E-state index in [1.54, 1.807) is 19.4 Å². The lowest BCUT2D eigenvalue weighted by atomic mass is 9.96. The highest BCUT2D eigenvalue weighted by Gasteiger charge is 2.36. The third-order valence-corrected chi connectivity index (χ3v) is 4.52. The van der Waals surface area contributed by atoms with Crippen molar-refractivity contribution in [1.82, 2.24) is 20.5 Å². The van der Waals surface area contributed by atoms with Gasteiger partial charge in [-0.15, -0.1) is 0 Å². The lowest BCUT2D eigenvalue weighted by Gasteiger charge is -2.36. The van der Waals surface area contributed by atoms with Crippen molar-refractivity contribution >= 4 is 6.03 Å². The molecule has 6 heteroatoms. The van der Waals surface area contributed by atoms with Crippen LogP contribution in [0.4, 0.5) is 4.79 Å². The van der Waals surface area contributed by atoms with E-state index in [0.29, 0.717) is 19.0 Å². The van der Waals surface area contributed by atoms with Crippen LogP contribution in [-0.4, -0.2) is 49.2 Å².